The first-order chi connectivity index (χ1) is 7.59. The van der Waals surface area contributed by atoms with Gasteiger partial charge in [-0.2, -0.15) is 0 Å². The molecule has 1 aliphatic rings. The number of likely N-dealkylation sites (N-methyl/N-ethyl adjacent to an activating group) is 1. The zero-order chi connectivity index (χ0) is 12.0. The first-order valence-corrected chi connectivity index (χ1v) is 5.85. The number of rotatable bonds is 5. The molecule has 110 valence electrons. The Morgan fingerprint density at radius 2 is 2.17 bits per heavy atom. The Hall–Kier alpha value is -0.0700. The first-order valence-electron chi connectivity index (χ1n) is 5.85. The van der Waals surface area contributed by atoms with Crippen LogP contribution >= 0.6 is 24.8 Å². The summed E-state index contributed by atoms with van der Waals surface area (Å²) in [4.78, 5) is 13.7. The molecule has 1 amide bonds. The Morgan fingerprint density at radius 1 is 1.50 bits per heavy atom. The molecule has 0 aliphatic carbocycles. The fraction of sp³-hybridized carbons (Fsp3) is 0.909. The Labute approximate surface area is 122 Å². The molecule has 0 radical (unpaired) electrons. The molecule has 1 heterocycles. The van der Waals surface area contributed by atoms with Gasteiger partial charge in [-0.3, -0.25) is 4.79 Å². The third kappa shape index (κ3) is 8.11. The lowest BCUT2D eigenvalue weighted by Crippen LogP contribution is -2.43. The quantitative estimate of drug-likeness (QED) is 0.766. The van der Waals surface area contributed by atoms with Crippen LogP contribution in [0, 0.1) is 0 Å². The van der Waals surface area contributed by atoms with Crippen LogP contribution in [0.3, 0.4) is 0 Å². The molecule has 0 spiro atoms. The summed E-state index contributed by atoms with van der Waals surface area (Å²) in [6.07, 6.45) is 0.482. The molecule has 18 heavy (non-hydrogen) atoms. The van der Waals surface area contributed by atoms with Gasteiger partial charge in [-0.1, -0.05) is 0 Å². The number of carbonyl (C=O) groups excluding carboxylic acids is 1. The summed E-state index contributed by atoms with van der Waals surface area (Å²) < 4.78 is 5.47. The van der Waals surface area contributed by atoms with Gasteiger partial charge < -0.3 is 20.3 Å². The summed E-state index contributed by atoms with van der Waals surface area (Å²) in [7, 11) is 4.01. The van der Waals surface area contributed by atoms with Crippen molar-refractivity contribution in [1.82, 2.24) is 15.5 Å². The van der Waals surface area contributed by atoms with Crippen LogP contribution in [0.4, 0.5) is 0 Å². The van der Waals surface area contributed by atoms with E-state index in [0.717, 1.165) is 13.1 Å². The predicted molar refractivity (Wildman–Crippen MR) is 77.9 cm³/mol. The van der Waals surface area contributed by atoms with Gasteiger partial charge in [-0.05, 0) is 21.0 Å². The van der Waals surface area contributed by atoms with E-state index in [1.807, 2.05) is 14.1 Å². The van der Waals surface area contributed by atoms with Crippen LogP contribution in [0.5, 0.6) is 0 Å². The van der Waals surface area contributed by atoms with Crippen LogP contribution < -0.4 is 10.6 Å². The minimum Gasteiger partial charge on any atom is -0.375 e. The van der Waals surface area contributed by atoms with E-state index in [-0.39, 0.29) is 36.8 Å². The number of amides is 1. The molecule has 1 fully saturated rings. The van der Waals surface area contributed by atoms with Crippen molar-refractivity contribution in [1.29, 1.82) is 0 Å². The van der Waals surface area contributed by atoms with Crippen LogP contribution in [0.25, 0.3) is 0 Å². The van der Waals surface area contributed by atoms with Gasteiger partial charge in [0.15, 0.2) is 0 Å². The van der Waals surface area contributed by atoms with E-state index in [1.54, 1.807) is 0 Å². The number of carbonyl (C=O) groups is 1. The number of nitrogens with one attached hydrogen (secondary N) is 2. The summed E-state index contributed by atoms with van der Waals surface area (Å²) in [6.45, 7) is 5.13. The van der Waals surface area contributed by atoms with E-state index in [4.69, 9.17) is 4.74 Å². The van der Waals surface area contributed by atoms with Crippen molar-refractivity contribution in [3.05, 3.63) is 0 Å². The predicted octanol–water partition coefficient (Wildman–Crippen LogP) is 0.275. The highest BCUT2D eigenvalue weighted by molar-refractivity contribution is 5.85. The maximum absolute atomic E-state index is 11.6. The van der Waals surface area contributed by atoms with E-state index in [0.29, 0.717) is 25.6 Å². The Kier molecular flexibility index (Phi) is 12.2. The van der Waals surface area contributed by atoms with Crippen molar-refractivity contribution in [2.45, 2.75) is 25.5 Å². The largest absolute Gasteiger partial charge is 0.375 e. The highest BCUT2D eigenvalue weighted by Crippen LogP contribution is 2.01. The Bertz CT molecular complexity index is 224. The highest BCUT2D eigenvalue weighted by atomic mass is 35.5. The number of hydrogen-bond acceptors (Lipinski definition) is 4. The molecular formula is C11H25Cl2N3O2. The SMILES string of the molecule is CC(CNC(=O)CC1CNCCO1)N(C)C.Cl.Cl. The van der Waals surface area contributed by atoms with Crippen molar-refractivity contribution in [2.75, 3.05) is 40.3 Å². The highest BCUT2D eigenvalue weighted by Gasteiger charge is 2.17. The van der Waals surface area contributed by atoms with Gasteiger partial charge in [0, 0.05) is 25.7 Å². The van der Waals surface area contributed by atoms with E-state index in [1.165, 1.54) is 0 Å². The zero-order valence-electron chi connectivity index (χ0n) is 11.3. The summed E-state index contributed by atoms with van der Waals surface area (Å²) in [6, 6.07) is 0.356. The standard InChI is InChI=1S/C11H23N3O2.2ClH/c1-9(14(2)3)7-13-11(15)6-10-8-12-4-5-16-10;;/h9-10,12H,4-8H2,1-3H3,(H,13,15);2*1H. The van der Waals surface area contributed by atoms with Gasteiger partial charge >= 0.3 is 0 Å². The van der Waals surface area contributed by atoms with E-state index < -0.39 is 0 Å². The minimum absolute atomic E-state index is 0. The summed E-state index contributed by atoms with van der Waals surface area (Å²) in [5, 5.41) is 6.13. The van der Waals surface area contributed by atoms with Gasteiger partial charge in [0.25, 0.3) is 0 Å². The molecule has 1 saturated heterocycles. The molecule has 2 N–H and O–H groups in total. The van der Waals surface area contributed by atoms with Crippen molar-refractivity contribution < 1.29 is 9.53 Å². The maximum atomic E-state index is 11.6. The number of halogens is 2. The van der Waals surface area contributed by atoms with E-state index >= 15 is 0 Å². The maximum Gasteiger partial charge on any atom is 0.222 e. The summed E-state index contributed by atoms with van der Waals surface area (Å²) in [5.41, 5.74) is 0. The van der Waals surface area contributed by atoms with Crippen molar-refractivity contribution in [2.24, 2.45) is 0 Å². The molecule has 0 aromatic rings. The smallest absolute Gasteiger partial charge is 0.222 e. The lowest BCUT2D eigenvalue weighted by atomic mass is 10.2. The average molecular weight is 302 g/mol. The molecule has 0 saturated carbocycles. The molecule has 5 nitrogen and oxygen atoms in total. The number of hydrogen-bond donors (Lipinski definition) is 2. The van der Waals surface area contributed by atoms with Gasteiger partial charge in [-0.15, -0.1) is 24.8 Å². The topological polar surface area (TPSA) is 53.6 Å². The van der Waals surface area contributed by atoms with Gasteiger partial charge in [-0.25, -0.2) is 0 Å². The molecule has 1 rings (SSSR count). The van der Waals surface area contributed by atoms with Crippen LogP contribution in [-0.4, -0.2) is 63.3 Å². The second-order valence-corrected chi connectivity index (χ2v) is 4.52. The Balaban J connectivity index is 0. The van der Waals surface area contributed by atoms with E-state index in [2.05, 4.69) is 22.5 Å². The lowest BCUT2D eigenvalue weighted by molar-refractivity contribution is -0.124. The Morgan fingerprint density at radius 3 is 2.67 bits per heavy atom. The summed E-state index contributed by atoms with van der Waals surface area (Å²) in [5.74, 6) is 0.0717. The lowest BCUT2D eigenvalue weighted by Gasteiger charge is -2.24. The van der Waals surface area contributed by atoms with Crippen molar-refractivity contribution in [3.8, 4) is 0 Å². The number of ether oxygens (including phenoxy) is 1. The van der Waals surface area contributed by atoms with Crippen LogP contribution in [0.2, 0.25) is 0 Å². The van der Waals surface area contributed by atoms with Gasteiger partial charge in [0.1, 0.15) is 0 Å². The number of nitrogens with zero attached hydrogens (tertiary/aromatic N) is 1. The van der Waals surface area contributed by atoms with Crippen LogP contribution in [-0.2, 0) is 9.53 Å². The minimum atomic E-state index is 0. The summed E-state index contributed by atoms with van der Waals surface area (Å²) >= 11 is 0. The van der Waals surface area contributed by atoms with Crippen LogP contribution in [0.15, 0.2) is 0 Å². The third-order valence-electron chi connectivity index (χ3n) is 2.89. The normalized spacial score (nSPS) is 20.6. The first kappa shape index (κ1) is 20.3. The molecule has 2 atom stereocenters. The fourth-order valence-electron chi connectivity index (χ4n) is 1.47. The second kappa shape index (κ2) is 10.8. The van der Waals surface area contributed by atoms with Crippen molar-refractivity contribution >= 4 is 30.7 Å². The molecule has 0 bridgehead atoms. The third-order valence-corrected chi connectivity index (χ3v) is 2.89. The van der Waals surface area contributed by atoms with Crippen molar-refractivity contribution in [3.63, 3.8) is 0 Å². The fourth-order valence-corrected chi connectivity index (χ4v) is 1.47. The molecule has 1 aliphatic heterocycles. The van der Waals surface area contributed by atoms with Gasteiger partial charge in [0.2, 0.25) is 5.91 Å². The molecule has 0 aromatic heterocycles. The second-order valence-electron chi connectivity index (χ2n) is 4.52. The molecule has 0 aromatic carbocycles. The molecular weight excluding hydrogens is 277 g/mol. The van der Waals surface area contributed by atoms with Crippen LogP contribution in [0.1, 0.15) is 13.3 Å². The molecule has 2 unspecified atom stereocenters. The number of morpholine rings is 1. The monoisotopic (exact) mass is 301 g/mol. The van der Waals surface area contributed by atoms with E-state index in [9.17, 15) is 4.79 Å². The van der Waals surface area contributed by atoms with Gasteiger partial charge in [0.05, 0.1) is 19.1 Å². The average Bonchev–Trinajstić information content (AvgIpc) is 2.27. The molecule has 7 heteroatoms. The zero-order valence-corrected chi connectivity index (χ0v) is 12.9.